The summed E-state index contributed by atoms with van der Waals surface area (Å²) in [5, 5.41) is 3.29. The normalized spacial score (nSPS) is 16.7. The molecule has 0 spiro atoms. The molecule has 2 nitrogen and oxygen atoms in total. The number of hydrogen-bond acceptors (Lipinski definition) is 3. The molecule has 0 amide bonds. The molecule has 0 saturated carbocycles. The molecule has 2 aromatic rings. The average Bonchev–Trinajstić information content (AvgIpc) is 2.82. The Kier molecular flexibility index (Phi) is 3.36. The van der Waals surface area contributed by atoms with Crippen LogP contribution < -0.4 is 0 Å². The maximum Gasteiger partial charge on any atom is 0.173 e. The van der Waals surface area contributed by atoms with Crippen LogP contribution >= 0.6 is 27.7 Å². The van der Waals surface area contributed by atoms with Crippen LogP contribution in [-0.2, 0) is 6.42 Å². The van der Waals surface area contributed by atoms with Crippen LogP contribution in [0.5, 0.6) is 0 Å². The van der Waals surface area contributed by atoms with Crippen LogP contribution in [0.2, 0.25) is 0 Å². The van der Waals surface area contributed by atoms with Crippen molar-refractivity contribution in [1.29, 1.82) is 0 Å². The Morgan fingerprint density at radius 1 is 1.10 bits per heavy atom. The van der Waals surface area contributed by atoms with Gasteiger partial charge in [-0.05, 0) is 35.7 Å². The fourth-order valence-corrected chi connectivity index (χ4v) is 4.03. The summed E-state index contributed by atoms with van der Waals surface area (Å²) in [6.07, 6.45) is 1.01. The number of hydrogen-bond donors (Lipinski definition) is 0. The third-order valence-electron chi connectivity index (χ3n) is 3.73. The van der Waals surface area contributed by atoms with Gasteiger partial charge < -0.3 is 4.90 Å². The highest BCUT2D eigenvalue weighted by Gasteiger charge is 2.26. The number of rotatable bonds is 1. The van der Waals surface area contributed by atoms with Gasteiger partial charge in [0.1, 0.15) is 0 Å². The van der Waals surface area contributed by atoms with E-state index < -0.39 is 0 Å². The van der Waals surface area contributed by atoms with Gasteiger partial charge in [0.25, 0.3) is 0 Å². The molecule has 0 aromatic heterocycles. The first kappa shape index (κ1) is 13.2. The molecule has 104 valence electrons. The zero-order valence-electron chi connectivity index (χ0n) is 11.3. The van der Waals surface area contributed by atoms with E-state index in [4.69, 9.17) is 4.99 Å². The fourth-order valence-electron chi connectivity index (χ4n) is 2.67. The van der Waals surface area contributed by atoms with E-state index in [0.717, 1.165) is 28.3 Å². The molecule has 4 heteroatoms. The van der Waals surface area contributed by atoms with Crippen molar-refractivity contribution in [1.82, 2.24) is 4.90 Å². The van der Waals surface area contributed by atoms with E-state index in [2.05, 4.69) is 74.8 Å². The van der Waals surface area contributed by atoms with E-state index in [-0.39, 0.29) is 0 Å². The zero-order valence-corrected chi connectivity index (χ0v) is 13.7. The van der Waals surface area contributed by atoms with E-state index in [0.29, 0.717) is 0 Å². The highest BCUT2D eigenvalue weighted by molar-refractivity contribution is 9.10. The smallest absolute Gasteiger partial charge is 0.173 e. The van der Waals surface area contributed by atoms with Crippen LogP contribution in [0, 0.1) is 0 Å². The summed E-state index contributed by atoms with van der Waals surface area (Å²) in [4.78, 5) is 7.18. The summed E-state index contributed by atoms with van der Waals surface area (Å²) in [5.74, 6) is 0. The van der Waals surface area contributed by atoms with Crippen LogP contribution in [0.1, 0.15) is 11.1 Å². The molecule has 0 saturated heterocycles. The Bertz CT molecular complexity index is 753. The molecule has 0 fully saturated rings. The standard InChI is InChI=1S/C17H13BrN2S/c18-14-6-7-15-13(10-14)8-9-20-16(11-21-17(20)19-15)12-4-2-1-3-5-12/h1-7,10-11H,8-9H2. The molecule has 0 N–H and O–H groups in total. The van der Waals surface area contributed by atoms with Crippen molar-refractivity contribution in [2.24, 2.45) is 4.99 Å². The van der Waals surface area contributed by atoms with Crippen molar-refractivity contribution >= 4 is 44.2 Å². The number of aliphatic imine (C=N–C) groups is 1. The van der Waals surface area contributed by atoms with Crippen molar-refractivity contribution in [3.8, 4) is 0 Å². The molecule has 0 unspecified atom stereocenters. The third kappa shape index (κ3) is 2.43. The van der Waals surface area contributed by atoms with Crippen molar-refractivity contribution in [2.45, 2.75) is 6.42 Å². The van der Waals surface area contributed by atoms with Crippen LogP contribution in [0.25, 0.3) is 5.70 Å². The monoisotopic (exact) mass is 356 g/mol. The van der Waals surface area contributed by atoms with Gasteiger partial charge in [0.15, 0.2) is 5.17 Å². The van der Waals surface area contributed by atoms with Gasteiger partial charge in [-0.1, -0.05) is 58.0 Å². The van der Waals surface area contributed by atoms with Crippen LogP contribution in [0.3, 0.4) is 0 Å². The largest absolute Gasteiger partial charge is 0.319 e. The van der Waals surface area contributed by atoms with Gasteiger partial charge in [0.2, 0.25) is 0 Å². The molecular weight excluding hydrogens is 344 g/mol. The molecule has 0 aliphatic carbocycles. The van der Waals surface area contributed by atoms with Gasteiger partial charge in [-0.25, -0.2) is 4.99 Å². The molecule has 21 heavy (non-hydrogen) atoms. The topological polar surface area (TPSA) is 15.6 Å². The van der Waals surface area contributed by atoms with Gasteiger partial charge in [-0.3, -0.25) is 0 Å². The molecule has 4 rings (SSSR count). The maximum absolute atomic E-state index is 4.85. The van der Waals surface area contributed by atoms with Gasteiger partial charge in [-0.15, -0.1) is 0 Å². The summed E-state index contributed by atoms with van der Waals surface area (Å²) in [5.41, 5.74) is 4.90. The Morgan fingerprint density at radius 2 is 1.95 bits per heavy atom. The summed E-state index contributed by atoms with van der Waals surface area (Å²) in [7, 11) is 0. The minimum absolute atomic E-state index is 0.968. The molecule has 2 aliphatic rings. The lowest BCUT2D eigenvalue weighted by molar-refractivity contribution is 0.601. The lowest BCUT2D eigenvalue weighted by Crippen LogP contribution is -2.24. The van der Waals surface area contributed by atoms with Crippen LogP contribution in [0.15, 0.2) is 63.4 Å². The number of halogens is 1. The van der Waals surface area contributed by atoms with Crippen molar-refractivity contribution in [2.75, 3.05) is 6.54 Å². The lowest BCUT2D eigenvalue weighted by atomic mass is 10.1. The fraction of sp³-hybridized carbons (Fsp3) is 0.118. The minimum Gasteiger partial charge on any atom is -0.319 e. The number of benzene rings is 2. The van der Waals surface area contributed by atoms with Gasteiger partial charge in [0.05, 0.1) is 11.4 Å². The van der Waals surface area contributed by atoms with Gasteiger partial charge >= 0.3 is 0 Å². The quantitative estimate of drug-likeness (QED) is 0.711. The van der Waals surface area contributed by atoms with Crippen LogP contribution in [-0.4, -0.2) is 16.6 Å². The predicted molar refractivity (Wildman–Crippen MR) is 93.7 cm³/mol. The number of amidine groups is 1. The Hall–Kier alpha value is -1.52. The Labute approximate surface area is 136 Å². The first-order valence-electron chi connectivity index (χ1n) is 6.88. The van der Waals surface area contributed by atoms with Crippen molar-refractivity contribution in [3.05, 3.63) is 69.5 Å². The van der Waals surface area contributed by atoms with Crippen molar-refractivity contribution in [3.63, 3.8) is 0 Å². The first-order valence-corrected chi connectivity index (χ1v) is 8.55. The highest BCUT2D eigenvalue weighted by Crippen LogP contribution is 2.38. The summed E-state index contributed by atoms with van der Waals surface area (Å²) in [6.45, 7) is 0.968. The number of fused-ring (bicyclic) bond motifs is 2. The molecule has 0 bridgehead atoms. The molecule has 0 atom stereocenters. The Balaban J connectivity index is 1.71. The number of nitrogens with zero attached hydrogens (tertiary/aromatic N) is 2. The second kappa shape index (κ2) is 5.35. The van der Waals surface area contributed by atoms with Gasteiger partial charge in [0, 0.05) is 16.4 Å². The predicted octanol–water partition coefficient (Wildman–Crippen LogP) is 5.04. The molecule has 2 aromatic carbocycles. The Morgan fingerprint density at radius 3 is 2.81 bits per heavy atom. The summed E-state index contributed by atoms with van der Waals surface area (Å²) < 4.78 is 1.12. The second-order valence-electron chi connectivity index (χ2n) is 5.06. The summed E-state index contributed by atoms with van der Waals surface area (Å²) >= 11 is 5.26. The molecular formula is C17H13BrN2S. The maximum atomic E-state index is 4.85. The van der Waals surface area contributed by atoms with E-state index in [1.54, 1.807) is 11.8 Å². The van der Waals surface area contributed by atoms with E-state index in [9.17, 15) is 0 Å². The summed E-state index contributed by atoms with van der Waals surface area (Å²) in [6, 6.07) is 16.9. The van der Waals surface area contributed by atoms with E-state index in [1.807, 2.05) is 0 Å². The SMILES string of the molecule is Brc1ccc2c(c1)CCN1C(c3ccccc3)=CSC1=N2. The zero-order chi connectivity index (χ0) is 14.2. The van der Waals surface area contributed by atoms with Crippen molar-refractivity contribution < 1.29 is 0 Å². The molecule has 2 heterocycles. The van der Waals surface area contributed by atoms with Gasteiger partial charge in [-0.2, -0.15) is 0 Å². The van der Waals surface area contributed by atoms with E-state index >= 15 is 0 Å². The minimum atomic E-state index is 0.968. The first-order chi connectivity index (χ1) is 10.3. The third-order valence-corrected chi connectivity index (χ3v) is 5.09. The van der Waals surface area contributed by atoms with Crippen LogP contribution in [0.4, 0.5) is 5.69 Å². The highest BCUT2D eigenvalue weighted by atomic mass is 79.9. The molecule has 2 aliphatic heterocycles. The van der Waals surface area contributed by atoms with E-state index in [1.165, 1.54) is 16.8 Å². The molecule has 0 radical (unpaired) electrons. The lowest BCUT2D eigenvalue weighted by Gasteiger charge is -2.20. The average molecular weight is 357 g/mol. The number of thioether (sulfide) groups is 1. The second-order valence-corrected chi connectivity index (χ2v) is 6.81.